The molecular formula is C42H44Cl2FN5O4. The molecule has 3 aromatic carbocycles. The number of ether oxygens (including phenoxy) is 3. The number of carbonyl (C=O) groups is 1. The van der Waals surface area contributed by atoms with Crippen molar-refractivity contribution in [3.63, 3.8) is 0 Å². The van der Waals surface area contributed by atoms with Gasteiger partial charge in [-0.25, -0.2) is 4.39 Å². The topological polar surface area (TPSA) is 109 Å². The summed E-state index contributed by atoms with van der Waals surface area (Å²) in [6.45, 7) is 4.30. The second-order valence-electron chi connectivity index (χ2n) is 14.2. The van der Waals surface area contributed by atoms with E-state index in [-0.39, 0.29) is 24.7 Å². The number of benzene rings is 3. The first kappa shape index (κ1) is 37.9. The number of amides is 1. The molecule has 0 saturated carbocycles. The molecule has 1 amide bonds. The third-order valence-corrected chi connectivity index (χ3v) is 11.0. The van der Waals surface area contributed by atoms with E-state index in [1.165, 1.54) is 11.8 Å². The van der Waals surface area contributed by atoms with Gasteiger partial charge >= 0.3 is 0 Å². The maximum Gasteiger partial charge on any atom is 0.220 e. The fraction of sp³-hybridized carbons (Fsp3) is 0.405. The Bertz CT molecular complexity index is 2000. The fourth-order valence-corrected chi connectivity index (χ4v) is 8.02. The summed E-state index contributed by atoms with van der Waals surface area (Å²) in [6, 6.07) is 19.8. The highest BCUT2D eigenvalue weighted by Crippen LogP contribution is 2.45. The lowest BCUT2D eigenvalue weighted by molar-refractivity contribution is -0.119. The van der Waals surface area contributed by atoms with Crippen molar-refractivity contribution in [3.8, 4) is 34.4 Å². The van der Waals surface area contributed by atoms with E-state index >= 15 is 0 Å². The van der Waals surface area contributed by atoms with Crippen LogP contribution in [-0.4, -0.2) is 60.8 Å². The van der Waals surface area contributed by atoms with Gasteiger partial charge in [0.25, 0.3) is 0 Å². The van der Waals surface area contributed by atoms with Crippen molar-refractivity contribution in [2.45, 2.75) is 76.4 Å². The standard InChI is InChI=1S/C42H44Cl2FN5O4/c43-36-19-29(24-48-25-31-8-11-41(51)49-31)39(53-26-28-18-27(21-46)22-47-23-28)20-40(36)54-37-10-9-33-32(4-1-5-34(33)37)35-6-2-7-38(42(35)44)52-17-3-14-50-15-12-30(45)13-16-50/h1-2,4-7,18-20,22-23,30-31,37,48H,3,8-17,24-26H2,(H,49,51)/t31-,37-/m0/s1. The van der Waals surface area contributed by atoms with E-state index in [2.05, 4.69) is 38.7 Å². The minimum atomic E-state index is -0.672. The van der Waals surface area contributed by atoms with Crippen LogP contribution in [0.4, 0.5) is 4.39 Å². The molecule has 0 unspecified atom stereocenters. The van der Waals surface area contributed by atoms with Crippen LogP contribution in [0.1, 0.15) is 72.4 Å². The number of likely N-dealkylation sites (tertiary alicyclic amines) is 1. The van der Waals surface area contributed by atoms with Crippen molar-refractivity contribution in [1.29, 1.82) is 5.26 Å². The van der Waals surface area contributed by atoms with Gasteiger partial charge < -0.3 is 29.7 Å². The quantitative estimate of drug-likeness (QED) is 0.117. The number of nitriles is 1. The van der Waals surface area contributed by atoms with Gasteiger partial charge in [-0.1, -0.05) is 53.5 Å². The van der Waals surface area contributed by atoms with Crippen LogP contribution in [0.2, 0.25) is 10.0 Å². The third kappa shape index (κ3) is 9.27. The van der Waals surface area contributed by atoms with Gasteiger partial charge in [-0.3, -0.25) is 9.78 Å². The zero-order chi connectivity index (χ0) is 37.4. The molecule has 2 N–H and O–H groups in total. The van der Waals surface area contributed by atoms with Gasteiger partial charge in [0.15, 0.2) is 0 Å². The summed E-state index contributed by atoms with van der Waals surface area (Å²) in [5.74, 6) is 1.83. The summed E-state index contributed by atoms with van der Waals surface area (Å²) in [6.07, 6.45) is 7.24. The van der Waals surface area contributed by atoms with Gasteiger partial charge in [0, 0.05) is 80.3 Å². The Hall–Kier alpha value is -4.40. The molecular weight excluding hydrogens is 728 g/mol. The predicted octanol–water partition coefficient (Wildman–Crippen LogP) is 8.14. The number of nitrogens with zero attached hydrogens (tertiary/aromatic N) is 3. The molecule has 2 saturated heterocycles. The highest BCUT2D eigenvalue weighted by atomic mass is 35.5. The Balaban J connectivity index is 1.05. The second-order valence-corrected chi connectivity index (χ2v) is 14.9. The average Bonchev–Trinajstić information content (AvgIpc) is 3.80. The first-order valence-corrected chi connectivity index (χ1v) is 19.5. The number of halogens is 3. The van der Waals surface area contributed by atoms with E-state index < -0.39 is 6.17 Å². The number of piperidine rings is 1. The first-order valence-electron chi connectivity index (χ1n) is 18.7. The number of hydrogen-bond acceptors (Lipinski definition) is 8. The Labute approximate surface area is 325 Å². The van der Waals surface area contributed by atoms with Crippen molar-refractivity contribution in [1.82, 2.24) is 20.5 Å². The van der Waals surface area contributed by atoms with E-state index in [9.17, 15) is 14.4 Å². The fourth-order valence-electron chi connectivity index (χ4n) is 7.51. The summed E-state index contributed by atoms with van der Waals surface area (Å²) in [5.41, 5.74) is 6.27. The first-order chi connectivity index (χ1) is 26.3. The average molecular weight is 773 g/mol. The number of rotatable bonds is 15. The predicted molar refractivity (Wildman–Crippen MR) is 207 cm³/mol. The Morgan fingerprint density at radius 1 is 0.963 bits per heavy atom. The Morgan fingerprint density at radius 3 is 2.61 bits per heavy atom. The van der Waals surface area contributed by atoms with Crippen LogP contribution < -0.4 is 24.8 Å². The van der Waals surface area contributed by atoms with E-state index in [1.54, 1.807) is 12.3 Å². The molecule has 0 radical (unpaired) electrons. The number of fused-ring (bicyclic) bond motifs is 1. The van der Waals surface area contributed by atoms with Crippen LogP contribution in [0.25, 0.3) is 11.1 Å². The molecule has 3 heterocycles. The highest BCUT2D eigenvalue weighted by Gasteiger charge is 2.29. The van der Waals surface area contributed by atoms with Crippen LogP contribution in [0.5, 0.6) is 17.2 Å². The summed E-state index contributed by atoms with van der Waals surface area (Å²) in [4.78, 5) is 18.1. The lowest BCUT2D eigenvalue weighted by atomic mass is 9.96. The van der Waals surface area contributed by atoms with Crippen molar-refractivity contribution < 1.29 is 23.4 Å². The van der Waals surface area contributed by atoms with Gasteiger partial charge in [0.1, 0.15) is 42.2 Å². The van der Waals surface area contributed by atoms with Gasteiger partial charge in [-0.2, -0.15) is 5.26 Å². The number of aromatic nitrogens is 1. The maximum absolute atomic E-state index is 13.5. The zero-order valence-corrected chi connectivity index (χ0v) is 31.6. The lowest BCUT2D eigenvalue weighted by Gasteiger charge is -2.28. The molecule has 0 bridgehead atoms. The summed E-state index contributed by atoms with van der Waals surface area (Å²) < 4.78 is 32.6. The molecule has 1 aromatic heterocycles. The zero-order valence-electron chi connectivity index (χ0n) is 30.1. The van der Waals surface area contributed by atoms with E-state index in [0.29, 0.717) is 71.8 Å². The Morgan fingerprint density at radius 2 is 1.80 bits per heavy atom. The third-order valence-electron chi connectivity index (χ3n) is 10.4. The van der Waals surface area contributed by atoms with Crippen molar-refractivity contribution in [3.05, 3.63) is 105 Å². The normalized spacial score (nSPS) is 18.6. The minimum absolute atomic E-state index is 0.0737. The molecule has 54 heavy (non-hydrogen) atoms. The molecule has 4 aromatic rings. The minimum Gasteiger partial charge on any atom is -0.492 e. The smallest absolute Gasteiger partial charge is 0.220 e. The highest BCUT2D eigenvalue weighted by molar-refractivity contribution is 6.35. The van der Waals surface area contributed by atoms with Crippen molar-refractivity contribution >= 4 is 29.1 Å². The molecule has 1 aliphatic carbocycles. The molecule has 282 valence electrons. The number of alkyl halides is 1. The summed E-state index contributed by atoms with van der Waals surface area (Å²) >= 11 is 13.9. The number of pyridine rings is 1. The second kappa shape index (κ2) is 17.8. The number of hydrogen-bond donors (Lipinski definition) is 2. The van der Waals surface area contributed by atoms with E-state index in [4.69, 9.17) is 37.4 Å². The molecule has 12 heteroatoms. The van der Waals surface area contributed by atoms with Crippen LogP contribution in [0.15, 0.2) is 67.0 Å². The van der Waals surface area contributed by atoms with Crippen molar-refractivity contribution in [2.75, 3.05) is 32.8 Å². The SMILES string of the molecule is N#Cc1cncc(COc2cc(O[C@H]3CCc4c(-c5cccc(OCCCN6CCC(F)CC6)c5Cl)cccc43)c(Cl)cc2CNC[C@@H]2CCC(=O)N2)c1. The molecule has 2 atom stereocenters. The maximum atomic E-state index is 13.5. The summed E-state index contributed by atoms with van der Waals surface area (Å²) in [7, 11) is 0. The van der Waals surface area contributed by atoms with Crippen LogP contribution in [0.3, 0.4) is 0 Å². The van der Waals surface area contributed by atoms with E-state index in [0.717, 1.165) is 73.1 Å². The molecule has 7 rings (SSSR count). The largest absolute Gasteiger partial charge is 0.492 e. The monoisotopic (exact) mass is 771 g/mol. The van der Waals surface area contributed by atoms with Crippen LogP contribution in [-0.2, 0) is 24.4 Å². The van der Waals surface area contributed by atoms with Gasteiger partial charge in [-0.05, 0) is 73.4 Å². The molecule has 3 aliphatic rings. The van der Waals surface area contributed by atoms with Crippen LogP contribution in [0, 0.1) is 11.3 Å². The van der Waals surface area contributed by atoms with Crippen molar-refractivity contribution in [2.24, 2.45) is 0 Å². The number of nitrogens with one attached hydrogen (secondary N) is 2. The molecule has 0 spiro atoms. The molecule has 9 nitrogen and oxygen atoms in total. The van der Waals surface area contributed by atoms with Gasteiger partial charge in [0.05, 0.1) is 22.2 Å². The van der Waals surface area contributed by atoms with Crippen LogP contribution >= 0.6 is 23.2 Å². The summed E-state index contributed by atoms with van der Waals surface area (Å²) in [5, 5.41) is 16.8. The molecule has 2 aliphatic heterocycles. The van der Waals surface area contributed by atoms with Gasteiger partial charge in [0.2, 0.25) is 5.91 Å². The Kier molecular flexibility index (Phi) is 12.5. The molecule has 2 fully saturated rings. The number of carbonyl (C=O) groups excluding carboxylic acids is 1. The van der Waals surface area contributed by atoms with E-state index in [1.807, 2.05) is 36.4 Å². The lowest BCUT2D eigenvalue weighted by Crippen LogP contribution is -2.35. The van der Waals surface area contributed by atoms with Gasteiger partial charge in [-0.15, -0.1) is 0 Å².